The number of nitrogens with one attached hydrogen (secondary N) is 2. The third-order valence-electron chi connectivity index (χ3n) is 10.00. The van der Waals surface area contributed by atoms with Gasteiger partial charge in [-0.1, -0.05) is 133 Å². The monoisotopic (exact) mass is 669 g/mol. The van der Waals surface area contributed by atoms with Crippen LogP contribution in [0.15, 0.2) is 133 Å². The first-order valence-electron chi connectivity index (χ1n) is 18.2. The molecule has 9 aromatic rings. The number of hydrogen-bond donors (Lipinski definition) is 2. The van der Waals surface area contributed by atoms with Crippen molar-refractivity contribution in [3.8, 4) is 0 Å². The molecular weight excluding hydrogens is 619 g/mol. The Hall–Kier alpha value is -5.28. The van der Waals surface area contributed by atoms with Crippen molar-refractivity contribution in [1.29, 1.82) is 0 Å². The van der Waals surface area contributed by atoms with Crippen LogP contribution in [0.2, 0.25) is 0 Å². The molecule has 0 aliphatic carbocycles. The van der Waals surface area contributed by atoms with Gasteiger partial charge in [0.1, 0.15) is 0 Å². The Balaban J connectivity index is 0.000000119. The van der Waals surface area contributed by atoms with E-state index in [0.717, 1.165) is 0 Å². The maximum absolute atomic E-state index is 3.49. The topological polar surface area (TPSA) is 36.5 Å². The molecule has 0 amide bonds. The molecule has 0 bridgehead atoms. The van der Waals surface area contributed by atoms with Crippen LogP contribution in [0.3, 0.4) is 0 Å². The van der Waals surface area contributed by atoms with E-state index >= 15 is 0 Å². The van der Waals surface area contributed by atoms with E-state index in [9.17, 15) is 0 Å². The fourth-order valence-corrected chi connectivity index (χ4v) is 7.28. The van der Waals surface area contributed by atoms with Crippen molar-refractivity contribution in [2.24, 2.45) is 0 Å². The summed E-state index contributed by atoms with van der Waals surface area (Å²) in [5.41, 5.74) is 10.8. The maximum Gasteiger partial charge on any atom is 0.0496 e. The van der Waals surface area contributed by atoms with Gasteiger partial charge in [-0.2, -0.15) is 0 Å². The van der Waals surface area contributed by atoms with Gasteiger partial charge >= 0.3 is 0 Å². The highest BCUT2D eigenvalue weighted by atomic mass is 15.0. The van der Waals surface area contributed by atoms with E-state index in [2.05, 4.69) is 210 Å². The SMILES string of the molecule is CC(C)(C)c1ccc2[nH]c3ccccc3c2c1.CC(C)(C)c1ccc2c(c1)[nH]c1ccccc12.CC(C)(C)n1c2ccccc2c2ccccc21. The van der Waals surface area contributed by atoms with Crippen molar-refractivity contribution in [3.63, 3.8) is 0 Å². The number of aromatic amines is 2. The minimum absolute atomic E-state index is 0.0999. The van der Waals surface area contributed by atoms with Gasteiger partial charge in [0.15, 0.2) is 0 Å². The highest BCUT2D eigenvalue weighted by Crippen LogP contribution is 2.34. The first kappa shape index (κ1) is 34.2. The molecule has 9 rings (SSSR count). The summed E-state index contributed by atoms with van der Waals surface area (Å²) in [6, 6.07) is 47.7. The standard InChI is InChI=1S/3C16H17N/c1-16(2,3)17-14-10-6-4-8-12(14)13-9-5-7-11-15(13)17;1-16(2,3)11-8-9-15-13(10-11)12-6-4-5-7-14(12)17-15;1-16(2,3)11-8-9-13-12-6-4-5-7-14(12)17-15(13)10-11/h4-11H,1-3H3;2*4-10,17H,1-3H3. The molecule has 0 aliphatic rings. The lowest BCUT2D eigenvalue weighted by Gasteiger charge is -2.24. The van der Waals surface area contributed by atoms with Crippen molar-refractivity contribution in [2.75, 3.05) is 0 Å². The first-order valence-corrected chi connectivity index (χ1v) is 18.2. The van der Waals surface area contributed by atoms with Crippen LogP contribution in [0.5, 0.6) is 0 Å². The van der Waals surface area contributed by atoms with Crippen LogP contribution in [-0.2, 0) is 16.4 Å². The molecule has 3 nitrogen and oxygen atoms in total. The Morgan fingerprint density at radius 1 is 0.353 bits per heavy atom. The number of para-hydroxylation sites is 4. The Morgan fingerprint density at radius 2 is 0.745 bits per heavy atom. The lowest BCUT2D eigenvalue weighted by atomic mass is 9.86. The van der Waals surface area contributed by atoms with Gasteiger partial charge in [-0.15, -0.1) is 0 Å². The Morgan fingerprint density at radius 3 is 1.27 bits per heavy atom. The minimum Gasteiger partial charge on any atom is -0.355 e. The molecule has 0 spiro atoms. The fourth-order valence-electron chi connectivity index (χ4n) is 7.28. The summed E-state index contributed by atoms with van der Waals surface area (Å²) in [5.74, 6) is 0. The highest BCUT2D eigenvalue weighted by molar-refractivity contribution is 6.09. The van der Waals surface area contributed by atoms with Crippen LogP contribution in [0.4, 0.5) is 0 Å². The van der Waals surface area contributed by atoms with Gasteiger partial charge in [0, 0.05) is 71.0 Å². The summed E-state index contributed by atoms with van der Waals surface area (Å²) in [6.07, 6.45) is 0. The lowest BCUT2D eigenvalue weighted by Crippen LogP contribution is -2.21. The number of aromatic nitrogens is 3. The molecule has 51 heavy (non-hydrogen) atoms. The van der Waals surface area contributed by atoms with Crippen molar-refractivity contribution >= 4 is 65.4 Å². The van der Waals surface area contributed by atoms with Crippen molar-refractivity contribution < 1.29 is 0 Å². The van der Waals surface area contributed by atoms with E-state index in [-0.39, 0.29) is 16.4 Å². The van der Waals surface area contributed by atoms with Gasteiger partial charge in [-0.3, -0.25) is 0 Å². The molecule has 0 radical (unpaired) electrons. The number of benzene rings is 6. The normalized spacial score (nSPS) is 12.4. The fraction of sp³-hybridized carbons (Fsp3) is 0.250. The van der Waals surface area contributed by atoms with Gasteiger partial charge in [0.05, 0.1) is 0 Å². The molecule has 0 atom stereocenters. The predicted molar refractivity (Wildman–Crippen MR) is 223 cm³/mol. The third kappa shape index (κ3) is 6.66. The number of H-pyrrole nitrogens is 2. The Bertz CT molecular complexity index is 2580. The largest absolute Gasteiger partial charge is 0.355 e. The third-order valence-corrected chi connectivity index (χ3v) is 10.00. The van der Waals surface area contributed by atoms with Crippen LogP contribution < -0.4 is 0 Å². The summed E-state index contributed by atoms with van der Waals surface area (Å²) in [4.78, 5) is 6.95. The van der Waals surface area contributed by atoms with Crippen LogP contribution in [0, 0.1) is 0 Å². The van der Waals surface area contributed by atoms with E-state index in [1.165, 1.54) is 76.5 Å². The van der Waals surface area contributed by atoms with Crippen molar-refractivity contribution in [3.05, 3.63) is 145 Å². The lowest BCUT2D eigenvalue weighted by molar-refractivity contribution is 0.423. The molecular formula is C48H51N3. The number of fused-ring (bicyclic) bond motifs is 9. The molecule has 258 valence electrons. The maximum atomic E-state index is 3.49. The number of nitrogens with zero attached hydrogens (tertiary/aromatic N) is 1. The smallest absolute Gasteiger partial charge is 0.0496 e. The van der Waals surface area contributed by atoms with Crippen LogP contribution in [0.1, 0.15) is 73.4 Å². The van der Waals surface area contributed by atoms with Crippen LogP contribution in [0.25, 0.3) is 65.4 Å². The Labute approximate surface area is 302 Å². The van der Waals surface area contributed by atoms with Gasteiger partial charge in [-0.05, 0) is 85.2 Å². The molecule has 0 unspecified atom stereocenters. The summed E-state index contributed by atoms with van der Waals surface area (Å²) >= 11 is 0. The molecule has 0 saturated carbocycles. The van der Waals surface area contributed by atoms with E-state index < -0.39 is 0 Å². The average Bonchev–Trinajstić information content (AvgIpc) is 3.77. The zero-order chi connectivity index (χ0) is 36.1. The zero-order valence-corrected chi connectivity index (χ0v) is 31.6. The van der Waals surface area contributed by atoms with E-state index in [0.29, 0.717) is 0 Å². The van der Waals surface area contributed by atoms with Crippen LogP contribution in [-0.4, -0.2) is 14.5 Å². The average molecular weight is 670 g/mol. The summed E-state index contributed by atoms with van der Waals surface area (Å²) < 4.78 is 2.43. The second-order valence-electron chi connectivity index (χ2n) is 16.9. The predicted octanol–water partition coefficient (Wildman–Crippen LogP) is 13.8. The van der Waals surface area contributed by atoms with Gasteiger partial charge in [-0.25, -0.2) is 0 Å². The molecule has 6 aromatic carbocycles. The van der Waals surface area contributed by atoms with Crippen LogP contribution >= 0.6 is 0 Å². The molecule has 3 heteroatoms. The summed E-state index contributed by atoms with van der Waals surface area (Å²) in [5, 5.41) is 7.95. The second-order valence-corrected chi connectivity index (χ2v) is 16.9. The Kier molecular flexibility index (Phi) is 8.58. The highest BCUT2D eigenvalue weighted by Gasteiger charge is 2.20. The zero-order valence-electron chi connectivity index (χ0n) is 31.6. The quantitative estimate of drug-likeness (QED) is 0.161. The second kappa shape index (κ2) is 12.8. The van der Waals surface area contributed by atoms with E-state index in [4.69, 9.17) is 0 Å². The van der Waals surface area contributed by atoms with E-state index in [1.807, 2.05) is 0 Å². The van der Waals surface area contributed by atoms with Crippen molar-refractivity contribution in [1.82, 2.24) is 14.5 Å². The summed E-state index contributed by atoms with van der Waals surface area (Å²) in [7, 11) is 0. The van der Waals surface area contributed by atoms with Crippen molar-refractivity contribution in [2.45, 2.75) is 78.7 Å². The molecule has 0 saturated heterocycles. The molecule has 2 N–H and O–H groups in total. The first-order chi connectivity index (χ1) is 24.2. The molecule has 0 fully saturated rings. The van der Waals surface area contributed by atoms with Gasteiger partial charge in [0.2, 0.25) is 0 Å². The van der Waals surface area contributed by atoms with Gasteiger partial charge < -0.3 is 14.5 Å². The molecule has 0 aliphatic heterocycles. The van der Waals surface area contributed by atoms with Gasteiger partial charge in [0.25, 0.3) is 0 Å². The number of hydrogen-bond acceptors (Lipinski definition) is 0. The molecule has 3 aromatic heterocycles. The number of rotatable bonds is 0. The summed E-state index contributed by atoms with van der Waals surface area (Å²) in [6.45, 7) is 20.3. The minimum atomic E-state index is 0.0999. The molecule has 3 heterocycles. The van der Waals surface area contributed by atoms with E-state index in [1.54, 1.807) is 0 Å².